The fourth-order valence-corrected chi connectivity index (χ4v) is 2.98. The van der Waals surface area contributed by atoms with Gasteiger partial charge < -0.3 is 10.2 Å². The summed E-state index contributed by atoms with van der Waals surface area (Å²) in [5.41, 5.74) is 1.17. The van der Waals surface area contributed by atoms with Crippen molar-refractivity contribution in [2.75, 3.05) is 26.7 Å². The lowest BCUT2D eigenvalue weighted by molar-refractivity contribution is -0.134. The Morgan fingerprint density at radius 1 is 1.53 bits per heavy atom. The van der Waals surface area contributed by atoms with E-state index in [1.54, 1.807) is 0 Å². The molecule has 104 valence electrons. The van der Waals surface area contributed by atoms with Crippen LogP contribution in [-0.2, 0) is 11.8 Å². The maximum absolute atomic E-state index is 12.6. The van der Waals surface area contributed by atoms with E-state index in [0.29, 0.717) is 0 Å². The Kier molecular flexibility index (Phi) is 3.31. The normalized spacial score (nSPS) is 26.6. The Hall–Kier alpha value is -1.36. The van der Waals surface area contributed by atoms with E-state index in [9.17, 15) is 4.79 Å². The molecule has 0 unspecified atom stereocenters. The molecule has 19 heavy (non-hydrogen) atoms. The van der Waals surface area contributed by atoms with E-state index in [4.69, 9.17) is 0 Å². The predicted octanol–water partition coefficient (Wildman–Crippen LogP) is 0.591. The third kappa shape index (κ3) is 2.66. The number of nitrogens with one attached hydrogen (secondary N) is 1. The van der Waals surface area contributed by atoms with E-state index in [1.165, 1.54) is 18.4 Å². The maximum atomic E-state index is 12.6. The van der Waals surface area contributed by atoms with Crippen molar-refractivity contribution in [3.05, 3.63) is 18.0 Å². The van der Waals surface area contributed by atoms with Crippen molar-refractivity contribution in [1.29, 1.82) is 0 Å². The topological polar surface area (TPSA) is 50.2 Å². The Morgan fingerprint density at radius 3 is 2.95 bits per heavy atom. The molecule has 1 aliphatic heterocycles. The van der Waals surface area contributed by atoms with Gasteiger partial charge in [0.2, 0.25) is 5.91 Å². The summed E-state index contributed by atoms with van der Waals surface area (Å²) in [6, 6.07) is 0. The first-order valence-electron chi connectivity index (χ1n) is 7.09. The van der Waals surface area contributed by atoms with Crippen LogP contribution in [0.3, 0.4) is 0 Å². The molecule has 2 fully saturated rings. The van der Waals surface area contributed by atoms with Crippen molar-refractivity contribution in [2.24, 2.45) is 18.9 Å². The molecule has 3 rings (SSSR count). The average molecular weight is 262 g/mol. The molecule has 1 aromatic rings. The second-order valence-corrected chi connectivity index (χ2v) is 5.98. The predicted molar refractivity (Wildman–Crippen MR) is 72.7 cm³/mol. The average Bonchev–Trinajstić information content (AvgIpc) is 2.91. The fraction of sp³-hybridized carbons (Fsp3) is 0.714. The van der Waals surface area contributed by atoms with Crippen molar-refractivity contribution >= 4 is 5.91 Å². The lowest BCUT2D eigenvalue weighted by Gasteiger charge is -2.24. The van der Waals surface area contributed by atoms with Gasteiger partial charge in [0.1, 0.15) is 0 Å². The highest BCUT2D eigenvalue weighted by Crippen LogP contribution is 2.32. The number of carbonyl (C=O) groups excluding carboxylic acids is 1. The SMILES string of the molecule is CN(CC1CC1)C(=O)[C@H]1CNC[C@@H]1c1cnn(C)c1. The van der Waals surface area contributed by atoms with Crippen LogP contribution in [0.5, 0.6) is 0 Å². The fourth-order valence-electron chi connectivity index (χ4n) is 2.98. The summed E-state index contributed by atoms with van der Waals surface area (Å²) < 4.78 is 1.81. The van der Waals surface area contributed by atoms with E-state index in [0.717, 1.165) is 25.6 Å². The maximum Gasteiger partial charge on any atom is 0.227 e. The van der Waals surface area contributed by atoms with Gasteiger partial charge >= 0.3 is 0 Å². The van der Waals surface area contributed by atoms with Crippen molar-refractivity contribution in [3.8, 4) is 0 Å². The molecule has 1 aromatic heterocycles. The number of rotatable bonds is 4. The molecule has 1 aliphatic carbocycles. The number of aromatic nitrogens is 2. The molecule has 1 saturated heterocycles. The van der Waals surface area contributed by atoms with Gasteiger partial charge in [0.15, 0.2) is 0 Å². The molecule has 1 saturated carbocycles. The molecule has 2 atom stereocenters. The Morgan fingerprint density at radius 2 is 2.32 bits per heavy atom. The summed E-state index contributed by atoms with van der Waals surface area (Å²) in [6.07, 6.45) is 6.48. The van der Waals surface area contributed by atoms with Crippen LogP contribution in [0.1, 0.15) is 24.3 Å². The van der Waals surface area contributed by atoms with Gasteiger partial charge in [0.25, 0.3) is 0 Å². The molecule has 0 spiro atoms. The van der Waals surface area contributed by atoms with E-state index in [1.807, 2.05) is 36.1 Å². The minimum Gasteiger partial charge on any atom is -0.345 e. The number of nitrogens with zero attached hydrogens (tertiary/aromatic N) is 3. The number of carbonyl (C=O) groups is 1. The van der Waals surface area contributed by atoms with Crippen LogP contribution in [0.15, 0.2) is 12.4 Å². The summed E-state index contributed by atoms with van der Waals surface area (Å²) in [5.74, 6) is 1.36. The number of aryl methyl sites for hydroxylation is 1. The van der Waals surface area contributed by atoms with Gasteiger partial charge in [-0.25, -0.2) is 0 Å². The van der Waals surface area contributed by atoms with Crippen molar-refractivity contribution < 1.29 is 4.79 Å². The molecule has 2 heterocycles. The molecule has 2 aliphatic rings. The van der Waals surface area contributed by atoms with E-state index < -0.39 is 0 Å². The van der Waals surface area contributed by atoms with Crippen LogP contribution >= 0.6 is 0 Å². The van der Waals surface area contributed by atoms with Gasteiger partial charge in [0, 0.05) is 45.8 Å². The van der Waals surface area contributed by atoms with Gasteiger partial charge in [-0.05, 0) is 24.3 Å². The molecular formula is C14H22N4O. The van der Waals surface area contributed by atoms with Crippen molar-refractivity contribution in [1.82, 2.24) is 20.0 Å². The zero-order valence-electron chi connectivity index (χ0n) is 11.7. The summed E-state index contributed by atoms with van der Waals surface area (Å²) in [6.45, 7) is 2.59. The number of hydrogen-bond donors (Lipinski definition) is 1. The summed E-state index contributed by atoms with van der Waals surface area (Å²) in [5, 5.41) is 7.57. The first kappa shape index (κ1) is 12.7. The largest absolute Gasteiger partial charge is 0.345 e. The quantitative estimate of drug-likeness (QED) is 0.864. The third-order valence-corrected chi connectivity index (χ3v) is 4.29. The Bertz CT molecular complexity index is 466. The second kappa shape index (κ2) is 4.96. The van der Waals surface area contributed by atoms with Crippen LogP contribution < -0.4 is 5.32 Å². The zero-order valence-corrected chi connectivity index (χ0v) is 11.7. The molecule has 1 amide bonds. The smallest absolute Gasteiger partial charge is 0.227 e. The molecule has 5 nitrogen and oxygen atoms in total. The van der Waals surface area contributed by atoms with Gasteiger partial charge in [0.05, 0.1) is 12.1 Å². The van der Waals surface area contributed by atoms with Crippen LogP contribution in [0.25, 0.3) is 0 Å². The van der Waals surface area contributed by atoms with Gasteiger partial charge in [-0.3, -0.25) is 9.48 Å². The van der Waals surface area contributed by atoms with Gasteiger partial charge in [-0.2, -0.15) is 5.10 Å². The van der Waals surface area contributed by atoms with Gasteiger partial charge in [-0.15, -0.1) is 0 Å². The monoisotopic (exact) mass is 262 g/mol. The number of amides is 1. The second-order valence-electron chi connectivity index (χ2n) is 5.98. The molecule has 5 heteroatoms. The Balaban J connectivity index is 1.69. The minimum atomic E-state index is 0.0629. The van der Waals surface area contributed by atoms with Crippen LogP contribution in [-0.4, -0.2) is 47.3 Å². The standard InChI is InChI=1S/C14H22N4O/c1-17(8-10-3-4-10)14(19)13-7-15-6-12(13)11-5-16-18(2)9-11/h5,9-10,12-13,15H,3-4,6-8H2,1-2H3/t12-,13+/m1/s1. The minimum absolute atomic E-state index is 0.0629. The van der Waals surface area contributed by atoms with Crippen molar-refractivity contribution in [2.45, 2.75) is 18.8 Å². The summed E-state index contributed by atoms with van der Waals surface area (Å²) in [4.78, 5) is 14.5. The zero-order chi connectivity index (χ0) is 13.4. The number of hydrogen-bond acceptors (Lipinski definition) is 3. The van der Waals surface area contributed by atoms with Crippen LogP contribution in [0.2, 0.25) is 0 Å². The van der Waals surface area contributed by atoms with E-state index >= 15 is 0 Å². The highest BCUT2D eigenvalue weighted by molar-refractivity contribution is 5.80. The van der Waals surface area contributed by atoms with Gasteiger partial charge in [-0.1, -0.05) is 0 Å². The first-order chi connectivity index (χ1) is 9.15. The molecule has 0 bridgehead atoms. The highest BCUT2D eigenvalue weighted by atomic mass is 16.2. The lowest BCUT2D eigenvalue weighted by atomic mass is 9.90. The molecule has 1 N–H and O–H groups in total. The molecule has 0 aromatic carbocycles. The molecule has 0 radical (unpaired) electrons. The summed E-state index contributed by atoms with van der Waals surface area (Å²) in [7, 11) is 3.86. The van der Waals surface area contributed by atoms with Crippen molar-refractivity contribution in [3.63, 3.8) is 0 Å². The van der Waals surface area contributed by atoms with Crippen LogP contribution in [0, 0.1) is 11.8 Å². The molecular weight excluding hydrogens is 240 g/mol. The summed E-state index contributed by atoms with van der Waals surface area (Å²) >= 11 is 0. The van der Waals surface area contributed by atoms with E-state index in [-0.39, 0.29) is 17.7 Å². The Labute approximate surface area is 114 Å². The van der Waals surface area contributed by atoms with Crippen LogP contribution in [0.4, 0.5) is 0 Å². The highest BCUT2D eigenvalue weighted by Gasteiger charge is 2.37. The van der Waals surface area contributed by atoms with E-state index in [2.05, 4.69) is 10.4 Å². The lowest BCUT2D eigenvalue weighted by Crippen LogP contribution is -2.37. The third-order valence-electron chi connectivity index (χ3n) is 4.29. The first-order valence-corrected chi connectivity index (χ1v) is 7.09.